The van der Waals surface area contributed by atoms with Crippen molar-refractivity contribution in [1.82, 2.24) is 14.9 Å². The molecule has 0 spiro atoms. The third-order valence-corrected chi connectivity index (χ3v) is 3.94. The van der Waals surface area contributed by atoms with Crippen LogP contribution in [0.3, 0.4) is 0 Å². The van der Waals surface area contributed by atoms with Gasteiger partial charge in [-0.25, -0.2) is 4.98 Å². The van der Waals surface area contributed by atoms with Crippen molar-refractivity contribution in [2.75, 3.05) is 6.54 Å². The molecule has 2 aromatic rings. The molecule has 1 heterocycles. The molecule has 102 valence electrons. The minimum Gasteiger partial charge on any atom is -0.337 e. The smallest absolute Gasteiger partial charge is 0.0945 e. The van der Waals surface area contributed by atoms with E-state index in [1.165, 1.54) is 22.0 Å². The average molecular weight is 369 g/mol. The van der Waals surface area contributed by atoms with Crippen molar-refractivity contribution in [2.45, 2.75) is 32.4 Å². The Kier molecular flexibility index (Phi) is 5.85. The molecule has 1 unspecified atom stereocenters. The summed E-state index contributed by atoms with van der Waals surface area (Å²) < 4.78 is 3.41. The van der Waals surface area contributed by atoms with Gasteiger partial charge in [0.05, 0.1) is 6.33 Å². The zero-order valence-electron chi connectivity index (χ0n) is 11.2. The zero-order valence-corrected chi connectivity index (χ0v) is 13.4. The minimum absolute atomic E-state index is 0.422. The van der Waals surface area contributed by atoms with Gasteiger partial charge in [-0.05, 0) is 66.6 Å². The van der Waals surface area contributed by atoms with Crippen LogP contribution in [0.4, 0.5) is 0 Å². The summed E-state index contributed by atoms with van der Waals surface area (Å²) in [5, 5.41) is 3.57. The Morgan fingerprint density at radius 2 is 2.05 bits per heavy atom. The topological polar surface area (TPSA) is 29.9 Å². The molecule has 0 saturated carbocycles. The van der Waals surface area contributed by atoms with Crippen LogP contribution in [0.25, 0.3) is 0 Å². The normalized spacial score (nSPS) is 12.5. The highest BCUT2D eigenvalue weighted by molar-refractivity contribution is 14.1. The van der Waals surface area contributed by atoms with Gasteiger partial charge < -0.3 is 9.88 Å². The van der Waals surface area contributed by atoms with Crippen LogP contribution in [0.1, 0.15) is 31.4 Å². The number of aryl methyl sites for hydroxylation is 1. The van der Waals surface area contributed by atoms with Gasteiger partial charge in [0.15, 0.2) is 0 Å². The van der Waals surface area contributed by atoms with Crippen LogP contribution < -0.4 is 5.32 Å². The van der Waals surface area contributed by atoms with Gasteiger partial charge in [-0.3, -0.25) is 0 Å². The first-order valence-electron chi connectivity index (χ1n) is 6.70. The van der Waals surface area contributed by atoms with E-state index in [-0.39, 0.29) is 0 Å². The molecule has 19 heavy (non-hydrogen) atoms. The maximum absolute atomic E-state index is 4.04. The maximum Gasteiger partial charge on any atom is 0.0945 e. The molecule has 0 bridgehead atoms. The molecule has 0 aliphatic rings. The summed E-state index contributed by atoms with van der Waals surface area (Å²) in [7, 11) is 0. The van der Waals surface area contributed by atoms with Crippen LogP contribution >= 0.6 is 22.6 Å². The summed E-state index contributed by atoms with van der Waals surface area (Å²) >= 11 is 2.34. The lowest BCUT2D eigenvalue weighted by molar-refractivity contribution is 0.523. The van der Waals surface area contributed by atoms with Gasteiger partial charge in [-0.2, -0.15) is 0 Å². The van der Waals surface area contributed by atoms with Crippen molar-refractivity contribution in [3.63, 3.8) is 0 Å². The van der Waals surface area contributed by atoms with Gasteiger partial charge >= 0.3 is 0 Å². The Labute approximate surface area is 128 Å². The summed E-state index contributed by atoms with van der Waals surface area (Å²) in [4.78, 5) is 4.04. The molecule has 0 saturated heterocycles. The maximum atomic E-state index is 4.04. The lowest BCUT2D eigenvalue weighted by Gasteiger charge is -2.14. The zero-order chi connectivity index (χ0) is 13.5. The standard InChI is InChI=1S/C15H20IN3/c1-13(14-4-6-15(16)7-5-14)18-8-2-3-10-19-11-9-17-12-19/h4-7,9,11-13,18H,2-3,8,10H2,1H3. The Morgan fingerprint density at radius 1 is 1.26 bits per heavy atom. The fraction of sp³-hybridized carbons (Fsp3) is 0.400. The van der Waals surface area contributed by atoms with Crippen molar-refractivity contribution in [3.05, 3.63) is 52.1 Å². The van der Waals surface area contributed by atoms with E-state index in [0.29, 0.717) is 6.04 Å². The van der Waals surface area contributed by atoms with E-state index in [2.05, 4.69) is 68.6 Å². The second kappa shape index (κ2) is 7.65. The van der Waals surface area contributed by atoms with Gasteiger partial charge in [0.1, 0.15) is 0 Å². The number of aromatic nitrogens is 2. The summed E-state index contributed by atoms with van der Waals surface area (Å²) in [6.45, 7) is 4.33. The van der Waals surface area contributed by atoms with Crippen LogP contribution in [0.2, 0.25) is 0 Å². The molecule has 0 aliphatic carbocycles. The van der Waals surface area contributed by atoms with E-state index >= 15 is 0 Å². The molecule has 3 nitrogen and oxygen atoms in total. The molecular weight excluding hydrogens is 349 g/mol. The number of nitrogens with one attached hydrogen (secondary N) is 1. The number of rotatable bonds is 7. The van der Waals surface area contributed by atoms with Crippen LogP contribution in [0, 0.1) is 3.57 Å². The van der Waals surface area contributed by atoms with Crippen molar-refractivity contribution >= 4 is 22.6 Å². The Balaban J connectivity index is 1.63. The predicted octanol–water partition coefficient (Wildman–Crippen LogP) is 3.62. The van der Waals surface area contributed by atoms with Crippen molar-refractivity contribution in [3.8, 4) is 0 Å². The Hall–Kier alpha value is -0.880. The van der Waals surface area contributed by atoms with Gasteiger partial charge in [-0.15, -0.1) is 0 Å². The molecule has 1 aromatic heterocycles. The number of hydrogen-bond acceptors (Lipinski definition) is 2. The molecule has 2 rings (SSSR count). The van der Waals surface area contributed by atoms with Gasteiger partial charge in [0, 0.05) is 28.6 Å². The highest BCUT2D eigenvalue weighted by atomic mass is 127. The van der Waals surface area contributed by atoms with Crippen LogP contribution in [-0.2, 0) is 6.54 Å². The van der Waals surface area contributed by atoms with Crippen molar-refractivity contribution < 1.29 is 0 Å². The highest BCUT2D eigenvalue weighted by Crippen LogP contribution is 2.14. The lowest BCUT2D eigenvalue weighted by Crippen LogP contribution is -2.20. The first-order valence-corrected chi connectivity index (χ1v) is 7.78. The van der Waals surface area contributed by atoms with Crippen molar-refractivity contribution in [1.29, 1.82) is 0 Å². The van der Waals surface area contributed by atoms with Crippen LogP contribution in [0.5, 0.6) is 0 Å². The number of benzene rings is 1. The molecule has 0 radical (unpaired) electrons. The molecule has 1 aromatic carbocycles. The Bertz CT molecular complexity index is 465. The van der Waals surface area contributed by atoms with Gasteiger partial charge in [0.2, 0.25) is 0 Å². The number of imidazole rings is 1. The summed E-state index contributed by atoms with van der Waals surface area (Å²) in [5.74, 6) is 0. The SMILES string of the molecule is CC(NCCCCn1ccnc1)c1ccc(I)cc1. The number of nitrogens with zero attached hydrogens (tertiary/aromatic N) is 2. The second-order valence-corrected chi connectivity index (χ2v) is 5.98. The summed E-state index contributed by atoms with van der Waals surface area (Å²) in [5.41, 5.74) is 1.36. The monoisotopic (exact) mass is 369 g/mol. The molecule has 0 aliphatic heterocycles. The van der Waals surface area contributed by atoms with Crippen LogP contribution in [-0.4, -0.2) is 16.1 Å². The summed E-state index contributed by atoms with van der Waals surface area (Å²) in [6.07, 6.45) is 8.09. The lowest BCUT2D eigenvalue weighted by atomic mass is 10.1. The van der Waals surface area contributed by atoms with Gasteiger partial charge in [-0.1, -0.05) is 12.1 Å². The third-order valence-electron chi connectivity index (χ3n) is 3.22. The molecule has 0 fully saturated rings. The second-order valence-electron chi connectivity index (χ2n) is 4.73. The van der Waals surface area contributed by atoms with E-state index in [0.717, 1.165) is 13.1 Å². The van der Waals surface area contributed by atoms with Crippen molar-refractivity contribution in [2.24, 2.45) is 0 Å². The fourth-order valence-corrected chi connectivity index (χ4v) is 2.39. The predicted molar refractivity (Wildman–Crippen MR) is 87.0 cm³/mol. The number of halogens is 1. The minimum atomic E-state index is 0.422. The van der Waals surface area contributed by atoms with E-state index < -0.39 is 0 Å². The third kappa shape index (κ3) is 4.95. The molecular formula is C15H20IN3. The first kappa shape index (κ1) is 14.5. The number of hydrogen-bond donors (Lipinski definition) is 1. The average Bonchev–Trinajstić information content (AvgIpc) is 2.92. The Morgan fingerprint density at radius 3 is 2.74 bits per heavy atom. The molecule has 4 heteroatoms. The van der Waals surface area contributed by atoms with Crippen LogP contribution in [0.15, 0.2) is 43.0 Å². The van der Waals surface area contributed by atoms with Gasteiger partial charge in [0.25, 0.3) is 0 Å². The highest BCUT2D eigenvalue weighted by Gasteiger charge is 2.03. The largest absolute Gasteiger partial charge is 0.337 e. The summed E-state index contributed by atoms with van der Waals surface area (Å²) in [6, 6.07) is 9.14. The van der Waals surface area contributed by atoms with E-state index in [9.17, 15) is 0 Å². The van der Waals surface area contributed by atoms with E-state index in [4.69, 9.17) is 0 Å². The molecule has 0 amide bonds. The first-order chi connectivity index (χ1) is 9.25. The molecule has 1 N–H and O–H groups in total. The quantitative estimate of drug-likeness (QED) is 0.597. The van der Waals surface area contributed by atoms with E-state index in [1.54, 1.807) is 0 Å². The number of unbranched alkanes of at least 4 members (excludes halogenated alkanes) is 1. The van der Waals surface area contributed by atoms with E-state index in [1.807, 2.05) is 18.7 Å². The molecule has 1 atom stereocenters. The fourth-order valence-electron chi connectivity index (χ4n) is 2.03.